The molecule has 1 aliphatic rings. The van der Waals surface area contributed by atoms with Gasteiger partial charge in [0.25, 0.3) is 0 Å². The third-order valence-electron chi connectivity index (χ3n) is 4.47. The molecule has 8 heteroatoms. The molecule has 0 spiro atoms. The molecule has 3 heterocycles. The van der Waals surface area contributed by atoms with Gasteiger partial charge in [0.15, 0.2) is 23.1 Å². The van der Waals surface area contributed by atoms with Crippen molar-refractivity contribution in [3.8, 4) is 45.8 Å². The smallest absolute Gasteiger partial charge is 0.219 e. The fourth-order valence-electron chi connectivity index (χ4n) is 3.08. The zero-order valence-electron chi connectivity index (χ0n) is 15.0. The van der Waals surface area contributed by atoms with Gasteiger partial charge in [-0.25, -0.2) is 27.5 Å². The summed E-state index contributed by atoms with van der Waals surface area (Å²) in [5.41, 5.74) is 0.114. The lowest BCUT2D eigenvalue weighted by molar-refractivity contribution is 0.421. The number of ether oxygens (including phenoxy) is 2. The SMILES string of the molecule is Fc1cc(F)c2cc1Oc1cccc(n1)-c1cc(c(F)cc1F)Oc1cccc-2n1. The van der Waals surface area contributed by atoms with Crippen molar-refractivity contribution < 1.29 is 27.0 Å². The van der Waals surface area contributed by atoms with Crippen LogP contribution in [0.4, 0.5) is 17.6 Å². The van der Waals surface area contributed by atoms with Crippen molar-refractivity contribution >= 4 is 0 Å². The van der Waals surface area contributed by atoms with Crippen LogP contribution >= 0.6 is 0 Å². The second kappa shape index (κ2) is 6.84. The first-order chi connectivity index (χ1) is 14.5. The van der Waals surface area contributed by atoms with Crippen molar-refractivity contribution in [2.75, 3.05) is 0 Å². The predicted molar refractivity (Wildman–Crippen MR) is 99.3 cm³/mol. The topological polar surface area (TPSA) is 44.2 Å². The Labute approximate surface area is 167 Å². The minimum absolute atomic E-state index is 0.0506. The molecule has 0 unspecified atom stereocenters. The minimum Gasteiger partial charge on any atom is -0.436 e. The normalized spacial score (nSPS) is 11.9. The molecule has 0 N–H and O–H groups in total. The van der Waals surface area contributed by atoms with Gasteiger partial charge in [0.05, 0.1) is 11.4 Å². The number of rotatable bonds is 0. The highest BCUT2D eigenvalue weighted by atomic mass is 19.1. The molecule has 148 valence electrons. The number of aromatic nitrogens is 2. The van der Waals surface area contributed by atoms with Gasteiger partial charge in [0.1, 0.15) is 11.6 Å². The van der Waals surface area contributed by atoms with Crippen LogP contribution in [0.25, 0.3) is 22.5 Å². The highest BCUT2D eigenvalue weighted by Gasteiger charge is 2.19. The summed E-state index contributed by atoms with van der Waals surface area (Å²) >= 11 is 0. The van der Waals surface area contributed by atoms with Crippen molar-refractivity contribution in [3.63, 3.8) is 0 Å². The number of hydrogen-bond acceptors (Lipinski definition) is 4. The van der Waals surface area contributed by atoms with Gasteiger partial charge in [0, 0.05) is 35.4 Å². The number of benzene rings is 2. The summed E-state index contributed by atoms with van der Waals surface area (Å²) < 4.78 is 68.5. The van der Waals surface area contributed by atoms with Gasteiger partial charge in [-0.05, 0) is 24.3 Å². The van der Waals surface area contributed by atoms with Gasteiger partial charge in [-0.15, -0.1) is 0 Å². The summed E-state index contributed by atoms with van der Waals surface area (Å²) in [4.78, 5) is 8.31. The van der Waals surface area contributed by atoms with E-state index in [1.54, 1.807) is 0 Å². The largest absolute Gasteiger partial charge is 0.436 e. The maximum Gasteiger partial charge on any atom is 0.219 e. The second-order valence-electron chi connectivity index (χ2n) is 6.45. The molecule has 1 aliphatic heterocycles. The summed E-state index contributed by atoms with van der Waals surface area (Å²) in [6.45, 7) is 0. The van der Waals surface area contributed by atoms with Gasteiger partial charge < -0.3 is 9.47 Å². The van der Waals surface area contributed by atoms with E-state index < -0.39 is 23.3 Å². The molecule has 0 atom stereocenters. The Morgan fingerprint density at radius 2 is 0.967 bits per heavy atom. The van der Waals surface area contributed by atoms with E-state index >= 15 is 0 Å². The Hall–Kier alpha value is -3.94. The first-order valence-corrected chi connectivity index (χ1v) is 8.76. The van der Waals surface area contributed by atoms with Crippen LogP contribution in [-0.2, 0) is 0 Å². The molecular formula is C22H10F4N2O2. The van der Waals surface area contributed by atoms with E-state index in [1.165, 1.54) is 36.4 Å². The van der Waals surface area contributed by atoms with Crippen LogP contribution in [0.2, 0.25) is 0 Å². The van der Waals surface area contributed by atoms with E-state index in [0.717, 1.165) is 12.1 Å². The monoisotopic (exact) mass is 410 g/mol. The predicted octanol–water partition coefficient (Wildman–Crippen LogP) is 6.27. The Bertz CT molecular complexity index is 1210. The van der Waals surface area contributed by atoms with Crippen LogP contribution in [0.1, 0.15) is 0 Å². The maximum atomic E-state index is 14.4. The lowest BCUT2D eigenvalue weighted by atomic mass is 10.1. The number of fused-ring (bicyclic) bond motifs is 10. The van der Waals surface area contributed by atoms with Crippen LogP contribution in [0, 0.1) is 23.3 Å². The van der Waals surface area contributed by atoms with Gasteiger partial charge in [-0.2, -0.15) is 0 Å². The maximum absolute atomic E-state index is 14.4. The third-order valence-corrected chi connectivity index (χ3v) is 4.47. The lowest BCUT2D eigenvalue weighted by Crippen LogP contribution is -2.00. The highest BCUT2D eigenvalue weighted by Crippen LogP contribution is 2.36. The Morgan fingerprint density at radius 1 is 0.533 bits per heavy atom. The Morgan fingerprint density at radius 3 is 1.40 bits per heavy atom. The van der Waals surface area contributed by atoms with E-state index in [0.29, 0.717) is 12.1 Å². The van der Waals surface area contributed by atoms with Crippen molar-refractivity contribution in [1.82, 2.24) is 9.97 Å². The molecule has 30 heavy (non-hydrogen) atoms. The summed E-state index contributed by atoms with van der Waals surface area (Å²) in [5.74, 6) is -4.33. The average molecular weight is 410 g/mol. The number of pyridine rings is 2. The van der Waals surface area contributed by atoms with E-state index in [2.05, 4.69) is 9.97 Å². The van der Waals surface area contributed by atoms with Crippen molar-refractivity contribution in [2.24, 2.45) is 0 Å². The molecule has 2 aromatic heterocycles. The fourth-order valence-corrected chi connectivity index (χ4v) is 3.08. The Kier molecular flexibility index (Phi) is 4.13. The quantitative estimate of drug-likeness (QED) is 0.283. The molecule has 4 aromatic rings. The molecule has 0 radical (unpaired) electrons. The standard InChI is InChI=1S/C22H10F4N2O2/c23-13-9-16(26)20-7-11(13)17-3-1-5-21(27-17)29-19-8-12(14(24)10-15(19)25)18-4-2-6-22(28-18)30-20/h1-10H. The third kappa shape index (κ3) is 3.12. The Balaban J connectivity index is 1.79. The second-order valence-corrected chi connectivity index (χ2v) is 6.45. The molecule has 0 fully saturated rings. The van der Waals surface area contributed by atoms with Crippen LogP contribution in [0.3, 0.4) is 0 Å². The average Bonchev–Trinajstić information content (AvgIpc) is 2.72. The molecule has 0 saturated heterocycles. The summed E-state index contributed by atoms with van der Waals surface area (Å²) in [6.07, 6.45) is 0. The molecular weight excluding hydrogens is 400 g/mol. The van der Waals surface area contributed by atoms with E-state index in [4.69, 9.17) is 9.47 Å². The van der Waals surface area contributed by atoms with Crippen molar-refractivity contribution in [2.45, 2.75) is 0 Å². The van der Waals surface area contributed by atoms with Crippen LogP contribution in [-0.4, -0.2) is 9.97 Å². The van der Waals surface area contributed by atoms with E-state index in [9.17, 15) is 17.6 Å². The molecule has 2 aromatic carbocycles. The molecule has 0 saturated carbocycles. The molecule has 0 aliphatic carbocycles. The number of nitrogens with zero attached hydrogens (tertiary/aromatic N) is 2. The summed E-state index contributed by atoms with van der Waals surface area (Å²) in [5, 5.41) is 0. The molecule has 4 nitrogen and oxygen atoms in total. The van der Waals surface area contributed by atoms with Crippen LogP contribution < -0.4 is 9.47 Å². The minimum atomic E-state index is -0.946. The van der Waals surface area contributed by atoms with Gasteiger partial charge in [-0.1, -0.05) is 12.1 Å². The number of hydrogen-bond donors (Lipinski definition) is 0. The molecule has 0 amide bonds. The fraction of sp³-hybridized carbons (Fsp3) is 0. The molecule has 8 bridgehead atoms. The van der Waals surface area contributed by atoms with E-state index in [-0.39, 0.29) is 45.8 Å². The summed E-state index contributed by atoms with van der Waals surface area (Å²) in [6, 6.07) is 12.4. The lowest BCUT2D eigenvalue weighted by Gasteiger charge is -2.14. The van der Waals surface area contributed by atoms with Gasteiger partial charge >= 0.3 is 0 Å². The van der Waals surface area contributed by atoms with Crippen LogP contribution in [0.5, 0.6) is 23.3 Å². The van der Waals surface area contributed by atoms with Crippen molar-refractivity contribution in [1.29, 1.82) is 0 Å². The highest BCUT2D eigenvalue weighted by molar-refractivity contribution is 5.65. The zero-order chi connectivity index (χ0) is 20.8. The van der Waals surface area contributed by atoms with Crippen molar-refractivity contribution in [3.05, 3.63) is 83.9 Å². The summed E-state index contributed by atoms with van der Waals surface area (Å²) in [7, 11) is 0. The molecule has 5 rings (SSSR count). The first kappa shape index (κ1) is 18.1. The van der Waals surface area contributed by atoms with E-state index in [1.807, 2.05) is 0 Å². The first-order valence-electron chi connectivity index (χ1n) is 8.76. The zero-order valence-corrected chi connectivity index (χ0v) is 15.0. The number of halogens is 4. The van der Waals surface area contributed by atoms with Gasteiger partial charge in [0.2, 0.25) is 11.8 Å². The van der Waals surface area contributed by atoms with Gasteiger partial charge in [-0.3, -0.25) is 0 Å². The van der Waals surface area contributed by atoms with Crippen LogP contribution in [0.15, 0.2) is 60.7 Å².